The Morgan fingerprint density at radius 1 is 1.38 bits per heavy atom. The van der Waals surface area contributed by atoms with Crippen LogP contribution in [0.5, 0.6) is 0 Å². The number of rotatable bonds is 5. The number of hydrogen-bond acceptors (Lipinski definition) is 4. The third kappa shape index (κ3) is 4.98. The molecule has 1 fully saturated rings. The van der Waals surface area contributed by atoms with Gasteiger partial charge in [-0.2, -0.15) is 5.10 Å². The smallest absolute Gasteiger partial charge is 0.193 e. The second kappa shape index (κ2) is 9.70. The molecule has 1 aromatic rings. The van der Waals surface area contributed by atoms with Gasteiger partial charge in [0, 0.05) is 64.6 Å². The van der Waals surface area contributed by atoms with Gasteiger partial charge in [-0.25, -0.2) is 0 Å². The summed E-state index contributed by atoms with van der Waals surface area (Å²) in [7, 11) is 8.05. The van der Waals surface area contributed by atoms with Gasteiger partial charge >= 0.3 is 0 Å². The van der Waals surface area contributed by atoms with Crippen molar-refractivity contribution in [3.8, 4) is 0 Å². The molecule has 146 valence electrons. The van der Waals surface area contributed by atoms with Gasteiger partial charge in [-0.3, -0.25) is 14.6 Å². The largest absolute Gasteiger partial charge is 0.354 e. The maximum Gasteiger partial charge on any atom is 0.193 e. The van der Waals surface area contributed by atoms with E-state index in [1.54, 1.807) is 0 Å². The lowest BCUT2D eigenvalue weighted by Crippen LogP contribution is -2.45. The molecule has 0 aliphatic carbocycles. The van der Waals surface area contributed by atoms with Crippen LogP contribution in [0.2, 0.25) is 0 Å². The molecule has 0 saturated carbocycles. The van der Waals surface area contributed by atoms with Gasteiger partial charge in [0.15, 0.2) is 5.96 Å². The first-order valence-corrected chi connectivity index (χ1v) is 9.08. The fourth-order valence-electron chi connectivity index (χ4n) is 3.76. The number of aliphatic imine (C=N–C) groups is 1. The highest BCUT2D eigenvalue weighted by molar-refractivity contribution is 14.0. The highest BCUT2D eigenvalue weighted by atomic mass is 127. The maximum atomic E-state index is 4.52. The van der Waals surface area contributed by atoms with Crippen molar-refractivity contribution in [3.05, 3.63) is 30.1 Å². The molecule has 1 N–H and O–H groups in total. The lowest BCUT2D eigenvalue weighted by molar-refractivity contribution is 0.258. The summed E-state index contributed by atoms with van der Waals surface area (Å²) in [5.41, 5.74) is 1.22. The van der Waals surface area contributed by atoms with E-state index in [0.717, 1.165) is 38.7 Å². The van der Waals surface area contributed by atoms with Crippen molar-refractivity contribution in [1.29, 1.82) is 0 Å². The molecule has 0 spiro atoms. The second-order valence-corrected chi connectivity index (χ2v) is 7.17. The van der Waals surface area contributed by atoms with E-state index < -0.39 is 0 Å². The van der Waals surface area contributed by atoms with Crippen LogP contribution in [-0.4, -0.2) is 90.3 Å². The van der Waals surface area contributed by atoms with Crippen LogP contribution in [0.15, 0.2) is 29.5 Å². The summed E-state index contributed by atoms with van der Waals surface area (Å²) in [5, 5.41) is 7.88. The zero-order valence-electron chi connectivity index (χ0n) is 16.3. The zero-order chi connectivity index (χ0) is 17.8. The first-order chi connectivity index (χ1) is 12.1. The topological polar surface area (TPSA) is 51.9 Å². The fourth-order valence-corrected chi connectivity index (χ4v) is 3.76. The highest BCUT2D eigenvalue weighted by Crippen LogP contribution is 2.19. The molecule has 2 aliphatic heterocycles. The molecule has 3 rings (SSSR count). The molecule has 0 aromatic carbocycles. The summed E-state index contributed by atoms with van der Waals surface area (Å²) in [6.07, 6.45) is 9.78. The fraction of sp³-hybridized carbons (Fsp3) is 0.667. The Labute approximate surface area is 174 Å². The Kier molecular flexibility index (Phi) is 7.90. The predicted octanol–water partition coefficient (Wildman–Crippen LogP) is 1.16. The van der Waals surface area contributed by atoms with E-state index in [-0.39, 0.29) is 30.0 Å². The quantitative estimate of drug-likeness (QED) is 0.301. The predicted molar refractivity (Wildman–Crippen MR) is 117 cm³/mol. The van der Waals surface area contributed by atoms with E-state index in [4.69, 9.17) is 0 Å². The van der Waals surface area contributed by atoms with Crippen LogP contribution >= 0.6 is 24.0 Å². The molecule has 3 heterocycles. The van der Waals surface area contributed by atoms with Crippen molar-refractivity contribution < 1.29 is 0 Å². The Bertz CT molecular complexity index is 617. The molecule has 8 heteroatoms. The molecule has 2 unspecified atom stereocenters. The molecule has 26 heavy (non-hydrogen) atoms. The highest BCUT2D eigenvalue weighted by Gasteiger charge is 2.29. The van der Waals surface area contributed by atoms with Crippen LogP contribution in [-0.2, 0) is 7.05 Å². The van der Waals surface area contributed by atoms with Gasteiger partial charge in [-0.1, -0.05) is 12.2 Å². The number of hydrogen-bond donors (Lipinski definition) is 1. The van der Waals surface area contributed by atoms with Crippen molar-refractivity contribution in [2.24, 2.45) is 12.0 Å². The minimum absolute atomic E-state index is 0. The van der Waals surface area contributed by atoms with E-state index >= 15 is 0 Å². The van der Waals surface area contributed by atoms with Crippen molar-refractivity contribution >= 4 is 29.9 Å². The lowest BCUT2D eigenvalue weighted by atomic mass is 10.1. The third-order valence-electron chi connectivity index (χ3n) is 5.22. The summed E-state index contributed by atoms with van der Waals surface area (Å²) >= 11 is 0. The monoisotopic (exact) mass is 473 g/mol. The number of likely N-dealkylation sites (N-methyl/N-ethyl adjacent to an activating group) is 1. The van der Waals surface area contributed by atoms with E-state index in [2.05, 4.69) is 62.6 Å². The average molecular weight is 473 g/mol. The Hall–Kier alpha value is -1.13. The molecule has 2 atom stereocenters. The van der Waals surface area contributed by atoms with Crippen molar-refractivity contribution in [3.63, 3.8) is 0 Å². The molecule has 1 aromatic heterocycles. The molecule has 1 saturated heterocycles. The number of guanidine groups is 1. The van der Waals surface area contributed by atoms with Crippen molar-refractivity contribution in [1.82, 2.24) is 29.8 Å². The molecule has 0 radical (unpaired) electrons. The number of aromatic nitrogens is 2. The molecule has 2 aliphatic rings. The van der Waals surface area contributed by atoms with Gasteiger partial charge in [-0.05, 0) is 20.5 Å². The molecular weight excluding hydrogens is 441 g/mol. The van der Waals surface area contributed by atoms with Gasteiger partial charge < -0.3 is 15.1 Å². The molecule has 0 bridgehead atoms. The summed E-state index contributed by atoms with van der Waals surface area (Å²) in [4.78, 5) is 11.7. The number of aryl methyl sites for hydroxylation is 1. The maximum absolute atomic E-state index is 4.52. The van der Waals surface area contributed by atoms with Crippen LogP contribution < -0.4 is 5.32 Å². The minimum atomic E-state index is 0. The van der Waals surface area contributed by atoms with Crippen LogP contribution in [0.4, 0.5) is 0 Å². The van der Waals surface area contributed by atoms with E-state index in [1.165, 1.54) is 12.0 Å². The van der Waals surface area contributed by atoms with Crippen LogP contribution in [0, 0.1) is 0 Å². The van der Waals surface area contributed by atoms with E-state index in [1.807, 2.05) is 25.0 Å². The van der Waals surface area contributed by atoms with Crippen LogP contribution in [0.1, 0.15) is 18.0 Å². The van der Waals surface area contributed by atoms with Gasteiger partial charge in [0.1, 0.15) is 0 Å². The van der Waals surface area contributed by atoms with E-state index in [9.17, 15) is 0 Å². The summed E-state index contributed by atoms with van der Waals surface area (Å²) in [5.74, 6) is 1.00. The average Bonchev–Trinajstić information content (AvgIpc) is 3.32. The van der Waals surface area contributed by atoms with Crippen molar-refractivity contribution in [2.45, 2.75) is 18.5 Å². The van der Waals surface area contributed by atoms with Crippen LogP contribution in [0.3, 0.4) is 0 Å². The summed E-state index contributed by atoms with van der Waals surface area (Å²) in [6.45, 7) is 5.13. The summed E-state index contributed by atoms with van der Waals surface area (Å²) in [6, 6.07) is 0.906. The standard InChI is InChI=1S/C18H31N7.HI/c1-19-18(25-10-7-16(14-25)24-8-5-6-9-24)20-12-17(22(2)3)15-11-21-23(4)13-15;/h5-6,11,13,16-17H,7-10,12,14H2,1-4H3,(H,19,20);1H. The lowest BCUT2D eigenvalue weighted by Gasteiger charge is -2.28. The number of nitrogens with one attached hydrogen (secondary N) is 1. The zero-order valence-corrected chi connectivity index (χ0v) is 18.6. The van der Waals surface area contributed by atoms with Gasteiger partial charge in [0.2, 0.25) is 0 Å². The van der Waals surface area contributed by atoms with Crippen LogP contribution in [0.25, 0.3) is 0 Å². The number of halogens is 1. The first kappa shape index (κ1) is 21.2. The minimum Gasteiger partial charge on any atom is -0.354 e. The molecular formula is C18H32IN7. The second-order valence-electron chi connectivity index (χ2n) is 7.17. The normalized spacial score (nSPS) is 22.1. The summed E-state index contributed by atoms with van der Waals surface area (Å²) < 4.78 is 1.86. The first-order valence-electron chi connectivity index (χ1n) is 9.08. The third-order valence-corrected chi connectivity index (χ3v) is 5.22. The Balaban J connectivity index is 0.00000243. The molecule has 7 nitrogen and oxygen atoms in total. The van der Waals surface area contributed by atoms with Crippen molar-refractivity contribution in [2.75, 3.05) is 53.9 Å². The van der Waals surface area contributed by atoms with E-state index in [0.29, 0.717) is 6.04 Å². The van der Waals surface area contributed by atoms with Gasteiger partial charge in [-0.15, -0.1) is 24.0 Å². The number of nitrogens with zero attached hydrogens (tertiary/aromatic N) is 6. The Morgan fingerprint density at radius 2 is 2.12 bits per heavy atom. The molecule has 0 amide bonds. The van der Waals surface area contributed by atoms with Gasteiger partial charge in [0.25, 0.3) is 0 Å². The number of likely N-dealkylation sites (tertiary alicyclic amines) is 1. The Morgan fingerprint density at radius 3 is 2.69 bits per heavy atom. The van der Waals surface area contributed by atoms with Gasteiger partial charge in [0.05, 0.1) is 12.2 Å². The SMILES string of the molecule is CN=C(NCC(c1cnn(C)c1)N(C)C)N1CCC(N2CC=CC2)C1.I.